The van der Waals surface area contributed by atoms with Crippen LogP contribution in [0.25, 0.3) is 28.1 Å². The summed E-state index contributed by atoms with van der Waals surface area (Å²) in [5, 5.41) is 16.0. The number of ketones is 1. The molecule has 13 heteroatoms. The molecule has 5 aromatic rings. The van der Waals surface area contributed by atoms with E-state index in [1.807, 2.05) is 0 Å². The summed E-state index contributed by atoms with van der Waals surface area (Å²) in [6, 6.07) is 12.2. The number of nitrogens with one attached hydrogen (secondary N) is 1. The van der Waals surface area contributed by atoms with E-state index in [4.69, 9.17) is 5.11 Å². The zero-order valence-electron chi connectivity index (χ0n) is 19.6. The van der Waals surface area contributed by atoms with Gasteiger partial charge in [0.1, 0.15) is 23.5 Å². The van der Waals surface area contributed by atoms with Gasteiger partial charge in [0, 0.05) is 29.7 Å². The number of aliphatic hydroxyl groups excluding tert-OH is 1. The number of amides is 1. The number of nitrogens with zero attached hydrogens (tertiary/aromatic N) is 5. The third-order valence-electron chi connectivity index (χ3n) is 5.67. The summed E-state index contributed by atoms with van der Waals surface area (Å²) >= 11 is 0. The van der Waals surface area contributed by atoms with Gasteiger partial charge in [0.15, 0.2) is 17.4 Å². The Morgan fingerprint density at radius 3 is 2.36 bits per heavy atom. The third kappa shape index (κ3) is 4.94. The number of para-hydroxylation sites is 1. The van der Waals surface area contributed by atoms with Gasteiger partial charge in [0.25, 0.3) is 5.91 Å². The maximum atomic E-state index is 15.0. The van der Waals surface area contributed by atoms with Crippen molar-refractivity contribution < 1.29 is 32.3 Å². The third-order valence-corrected chi connectivity index (χ3v) is 5.67. The lowest BCUT2D eigenvalue weighted by Gasteiger charge is -2.15. The minimum absolute atomic E-state index is 0.0268. The molecule has 1 amide bonds. The van der Waals surface area contributed by atoms with Crippen molar-refractivity contribution in [2.75, 3.05) is 11.9 Å². The summed E-state index contributed by atoms with van der Waals surface area (Å²) in [5.41, 5.74) is -1.81. The lowest BCUT2D eigenvalue weighted by molar-refractivity contribution is -0.137. The van der Waals surface area contributed by atoms with Crippen LogP contribution in [-0.2, 0) is 6.18 Å². The van der Waals surface area contributed by atoms with E-state index in [0.29, 0.717) is 5.69 Å². The van der Waals surface area contributed by atoms with Crippen molar-refractivity contribution in [3.8, 4) is 17.1 Å². The topological polar surface area (TPSA) is 123 Å². The molecule has 0 saturated carbocycles. The van der Waals surface area contributed by atoms with Crippen LogP contribution in [0, 0.1) is 5.82 Å². The molecule has 0 bridgehead atoms. The van der Waals surface area contributed by atoms with Gasteiger partial charge in [0.05, 0.1) is 16.8 Å². The maximum absolute atomic E-state index is 15.0. The van der Waals surface area contributed by atoms with Crippen molar-refractivity contribution in [1.29, 1.82) is 0 Å². The average Bonchev–Trinajstić information content (AvgIpc) is 3.30. The molecule has 0 aliphatic rings. The molecule has 196 valence electrons. The summed E-state index contributed by atoms with van der Waals surface area (Å²) in [6.45, 7) is -0.753. The van der Waals surface area contributed by atoms with Crippen LogP contribution in [0.1, 0.15) is 26.3 Å². The Labute approximate surface area is 216 Å². The van der Waals surface area contributed by atoms with Gasteiger partial charge >= 0.3 is 6.18 Å². The highest BCUT2D eigenvalue weighted by Gasteiger charge is 2.36. The number of halogens is 4. The van der Waals surface area contributed by atoms with Gasteiger partial charge in [-0.25, -0.2) is 24.0 Å². The van der Waals surface area contributed by atoms with Crippen molar-refractivity contribution in [2.45, 2.75) is 6.18 Å². The number of aliphatic hydroxyl groups is 1. The van der Waals surface area contributed by atoms with Crippen molar-refractivity contribution in [1.82, 2.24) is 24.7 Å². The predicted octanol–water partition coefficient (Wildman–Crippen LogP) is 4.46. The highest BCUT2D eigenvalue weighted by atomic mass is 19.4. The molecule has 0 unspecified atom stereocenters. The number of fused-ring (bicyclic) bond motifs is 1. The molecular formula is C26H16F4N6O3. The van der Waals surface area contributed by atoms with E-state index in [0.717, 1.165) is 6.07 Å². The number of carbonyl (C=O) groups is 2. The SMILES string of the molecule is O=C(CO)c1cnc2c(NC(=O)c3cc(-c4ncccn4)c(C(F)(F)F)cc3F)n(-c3ccccc3)nc2c1. The Bertz CT molecular complexity index is 1710. The first-order valence-electron chi connectivity index (χ1n) is 11.2. The molecule has 3 heterocycles. The molecule has 2 N–H and O–H groups in total. The number of hydrogen-bond acceptors (Lipinski definition) is 7. The minimum Gasteiger partial charge on any atom is -0.388 e. The normalized spacial score (nSPS) is 11.5. The second kappa shape index (κ2) is 10.0. The van der Waals surface area contributed by atoms with Crippen LogP contribution in [0.2, 0.25) is 0 Å². The van der Waals surface area contributed by atoms with E-state index in [-0.39, 0.29) is 34.3 Å². The minimum atomic E-state index is -4.94. The zero-order chi connectivity index (χ0) is 27.7. The van der Waals surface area contributed by atoms with E-state index in [1.54, 1.807) is 30.3 Å². The Balaban J connectivity index is 1.63. The quantitative estimate of drug-likeness (QED) is 0.243. The van der Waals surface area contributed by atoms with E-state index in [1.165, 1.54) is 35.4 Å². The number of Topliss-reactive ketones (excluding diaryl/α,β-unsaturated/α-hetero) is 1. The fraction of sp³-hybridized carbons (Fsp3) is 0.0769. The summed E-state index contributed by atoms with van der Waals surface area (Å²) in [7, 11) is 0. The van der Waals surface area contributed by atoms with Gasteiger partial charge in [-0.2, -0.15) is 18.3 Å². The van der Waals surface area contributed by atoms with E-state index in [9.17, 15) is 27.2 Å². The summed E-state index contributed by atoms with van der Waals surface area (Å²) in [5.74, 6) is -3.48. The van der Waals surface area contributed by atoms with E-state index < -0.39 is 47.0 Å². The first-order chi connectivity index (χ1) is 18.7. The molecule has 0 fully saturated rings. The van der Waals surface area contributed by atoms with Crippen LogP contribution in [0.4, 0.5) is 23.4 Å². The monoisotopic (exact) mass is 536 g/mol. The summed E-state index contributed by atoms with van der Waals surface area (Å²) < 4.78 is 57.4. The Morgan fingerprint density at radius 1 is 0.974 bits per heavy atom. The zero-order valence-corrected chi connectivity index (χ0v) is 19.6. The number of alkyl halides is 3. The van der Waals surface area contributed by atoms with Crippen molar-refractivity contribution in [2.24, 2.45) is 0 Å². The number of hydrogen-bond donors (Lipinski definition) is 2. The molecule has 0 aliphatic carbocycles. The van der Waals surface area contributed by atoms with Crippen molar-refractivity contribution in [3.05, 3.63) is 95.7 Å². The highest BCUT2D eigenvalue weighted by Crippen LogP contribution is 2.37. The number of rotatable bonds is 6. The van der Waals surface area contributed by atoms with Crippen molar-refractivity contribution in [3.63, 3.8) is 0 Å². The van der Waals surface area contributed by atoms with Crippen molar-refractivity contribution >= 4 is 28.5 Å². The molecule has 9 nitrogen and oxygen atoms in total. The van der Waals surface area contributed by atoms with Gasteiger partial charge in [-0.3, -0.25) is 9.59 Å². The molecule has 0 radical (unpaired) electrons. The molecule has 0 spiro atoms. The van der Waals surface area contributed by atoms with Crippen LogP contribution >= 0.6 is 0 Å². The molecule has 0 aliphatic heterocycles. The second-order valence-electron chi connectivity index (χ2n) is 8.17. The van der Waals surface area contributed by atoms with Crippen LogP contribution in [-0.4, -0.2) is 48.1 Å². The fourth-order valence-electron chi connectivity index (χ4n) is 3.86. The number of benzene rings is 2. The van der Waals surface area contributed by atoms with E-state index >= 15 is 0 Å². The van der Waals surface area contributed by atoms with Gasteiger partial charge in [-0.15, -0.1) is 0 Å². The number of pyridine rings is 1. The molecule has 39 heavy (non-hydrogen) atoms. The lowest BCUT2D eigenvalue weighted by atomic mass is 10.0. The van der Waals surface area contributed by atoms with Gasteiger partial charge < -0.3 is 10.4 Å². The molecule has 5 rings (SSSR count). The van der Waals surface area contributed by atoms with Gasteiger partial charge in [-0.1, -0.05) is 18.2 Å². The van der Waals surface area contributed by atoms with Crippen LogP contribution in [0.5, 0.6) is 0 Å². The molecular weight excluding hydrogens is 520 g/mol. The predicted molar refractivity (Wildman–Crippen MR) is 131 cm³/mol. The molecule has 2 aromatic carbocycles. The Kier molecular flexibility index (Phi) is 6.58. The standard InChI is InChI=1S/C26H16F4N6O3/c27-19-11-18(26(28,29)30)16(23-31-7-4-8-32-23)10-17(19)25(39)34-24-22-20(9-14(12-33-22)21(38)13-37)35-36(24)15-5-2-1-3-6-15/h1-12,37H,13H2,(H,34,39). The Morgan fingerprint density at radius 2 is 1.69 bits per heavy atom. The maximum Gasteiger partial charge on any atom is 0.417 e. The summed E-state index contributed by atoms with van der Waals surface area (Å²) in [4.78, 5) is 37.1. The van der Waals surface area contributed by atoms with Crippen LogP contribution in [0.15, 0.2) is 73.2 Å². The Hall–Kier alpha value is -5.04. The second-order valence-corrected chi connectivity index (χ2v) is 8.17. The number of carbonyl (C=O) groups excluding carboxylic acids is 2. The van der Waals surface area contributed by atoms with Crippen LogP contribution in [0.3, 0.4) is 0 Å². The van der Waals surface area contributed by atoms with Gasteiger partial charge in [0.2, 0.25) is 0 Å². The first-order valence-corrected chi connectivity index (χ1v) is 11.2. The highest BCUT2D eigenvalue weighted by molar-refractivity contribution is 6.09. The molecule has 0 saturated heterocycles. The lowest BCUT2D eigenvalue weighted by Crippen LogP contribution is -2.19. The summed E-state index contributed by atoms with van der Waals surface area (Å²) in [6.07, 6.45) is -1.33. The number of anilines is 1. The first kappa shape index (κ1) is 25.6. The average molecular weight is 536 g/mol. The molecule has 3 aromatic heterocycles. The molecule has 0 atom stereocenters. The van der Waals surface area contributed by atoms with Gasteiger partial charge in [-0.05, 0) is 36.4 Å². The van der Waals surface area contributed by atoms with Crippen LogP contribution < -0.4 is 5.32 Å². The smallest absolute Gasteiger partial charge is 0.388 e. The fourth-order valence-corrected chi connectivity index (χ4v) is 3.86. The van der Waals surface area contributed by atoms with E-state index in [2.05, 4.69) is 25.4 Å². The number of aromatic nitrogens is 5. The largest absolute Gasteiger partial charge is 0.417 e.